The maximum absolute atomic E-state index is 5.64. The first-order valence-corrected chi connectivity index (χ1v) is 7.55. The molecule has 21 heavy (non-hydrogen) atoms. The van der Waals surface area contributed by atoms with Gasteiger partial charge in [0.1, 0.15) is 4.99 Å². The average Bonchev–Trinajstić information content (AvgIpc) is 2.49. The lowest BCUT2D eigenvalue weighted by Crippen LogP contribution is -2.09. The smallest absolute Gasteiger partial charge is 0.104 e. The number of halogens is 1. The van der Waals surface area contributed by atoms with Crippen molar-refractivity contribution in [2.24, 2.45) is 5.73 Å². The molecule has 1 heterocycles. The summed E-state index contributed by atoms with van der Waals surface area (Å²) in [4.78, 5) is 4.74. The largest absolute Gasteiger partial charge is 0.389 e. The number of hydrogen-bond acceptors (Lipinski definition) is 3. The van der Waals surface area contributed by atoms with E-state index in [0.717, 1.165) is 32.3 Å². The van der Waals surface area contributed by atoms with E-state index in [4.69, 9.17) is 18.0 Å². The van der Waals surface area contributed by atoms with E-state index in [1.54, 1.807) is 6.20 Å². The molecule has 0 atom stereocenters. The normalized spacial score (nSPS) is 10.5. The van der Waals surface area contributed by atoms with Crippen LogP contribution in [0.15, 0.2) is 59.2 Å². The van der Waals surface area contributed by atoms with Gasteiger partial charge in [0.25, 0.3) is 0 Å². The van der Waals surface area contributed by atoms with Gasteiger partial charge >= 0.3 is 0 Å². The van der Waals surface area contributed by atoms with Crippen LogP contribution in [0.5, 0.6) is 0 Å². The van der Waals surface area contributed by atoms with E-state index in [1.807, 2.05) is 48.5 Å². The van der Waals surface area contributed by atoms with Crippen molar-refractivity contribution in [3.05, 3.63) is 64.8 Å². The maximum Gasteiger partial charge on any atom is 0.104 e. The fourth-order valence-electron chi connectivity index (χ4n) is 2.13. The van der Waals surface area contributed by atoms with Crippen LogP contribution in [0.4, 0.5) is 11.4 Å². The molecule has 0 radical (unpaired) electrons. The second-order valence-corrected chi connectivity index (χ2v) is 5.85. The van der Waals surface area contributed by atoms with Gasteiger partial charge in [-0.25, -0.2) is 0 Å². The number of benzene rings is 2. The summed E-state index contributed by atoms with van der Waals surface area (Å²) in [6, 6.07) is 15.7. The van der Waals surface area contributed by atoms with Crippen LogP contribution in [0.1, 0.15) is 5.56 Å². The highest BCUT2D eigenvalue weighted by Gasteiger charge is 2.06. The van der Waals surface area contributed by atoms with Gasteiger partial charge in [0, 0.05) is 27.3 Å². The molecule has 3 nitrogen and oxygen atoms in total. The Morgan fingerprint density at radius 1 is 1.10 bits per heavy atom. The Balaban J connectivity index is 2.01. The zero-order valence-electron chi connectivity index (χ0n) is 11.0. The number of nitrogens with zero attached hydrogens (tertiary/aromatic N) is 1. The summed E-state index contributed by atoms with van der Waals surface area (Å²) in [5.74, 6) is 0. The number of nitrogens with one attached hydrogen (secondary N) is 1. The van der Waals surface area contributed by atoms with Crippen LogP contribution in [0.3, 0.4) is 0 Å². The van der Waals surface area contributed by atoms with Crippen molar-refractivity contribution in [3.8, 4) is 0 Å². The molecule has 0 saturated carbocycles. The van der Waals surface area contributed by atoms with Crippen molar-refractivity contribution in [1.82, 2.24) is 4.98 Å². The summed E-state index contributed by atoms with van der Waals surface area (Å²) < 4.78 is 0.911. The lowest BCUT2D eigenvalue weighted by Gasteiger charge is -2.12. The first-order valence-electron chi connectivity index (χ1n) is 6.35. The van der Waals surface area contributed by atoms with Crippen molar-refractivity contribution < 1.29 is 0 Å². The minimum Gasteiger partial charge on any atom is -0.389 e. The summed E-state index contributed by atoms with van der Waals surface area (Å²) in [5, 5.41) is 4.48. The van der Waals surface area contributed by atoms with E-state index in [-0.39, 0.29) is 0 Å². The Kier molecular flexibility index (Phi) is 3.86. The second kappa shape index (κ2) is 5.79. The number of anilines is 2. The summed E-state index contributed by atoms with van der Waals surface area (Å²) in [5.41, 5.74) is 9.39. The highest BCUT2D eigenvalue weighted by Crippen LogP contribution is 2.30. The Bertz CT molecular complexity index is 827. The van der Waals surface area contributed by atoms with Crippen molar-refractivity contribution in [3.63, 3.8) is 0 Å². The van der Waals surface area contributed by atoms with Gasteiger partial charge in [-0.15, -0.1) is 0 Å². The molecule has 3 N–H and O–H groups in total. The number of rotatable bonds is 3. The molecule has 0 aliphatic rings. The third-order valence-electron chi connectivity index (χ3n) is 3.17. The molecular weight excluding hydrogens is 346 g/mol. The molecule has 0 aliphatic carbocycles. The van der Waals surface area contributed by atoms with E-state index < -0.39 is 0 Å². The van der Waals surface area contributed by atoms with E-state index in [1.165, 1.54) is 0 Å². The molecule has 3 aromatic rings. The fourth-order valence-corrected chi connectivity index (χ4v) is 2.73. The third-order valence-corrected chi connectivity index (χ3v) is 4.06. The molecule has 3 rings (SSSR count). The highest BCUT2D eigenvalue weighted by molar-refractivity contribution is 9.10. The van der Waals surface area contributed by atoms with Gasteiger partial charge in [0.15, 0.2) is 0 Å². The van der Waals surface area contributed by atoms with Crippen LogP contribution in [0.25, 0.3) is 10.9 Å². The van der Waals surface area contributed by atoms with Crippen molar-refractivity contribution in [2.75, 3.05) is 5.32 Å². The minimum atomic E-state index is 0.386. The average molecular weight is 358 g/mol. The van der Waals surface area contributed by atoms with Gasteiger partial charge in [-0.1, -0.05) is 18.3 Å². The van der Waals surface area contributed by atoms with Gasteiger partial charge < -0.3 is 11.1 Å². The zero-order valence-corrected chi connectivity index (χ0v) is 13.4. The molecule has 0 fully saturated rings. The predicted molar refractivity (Wildman–Crippen MR) is 95.1 cm³/mol. The lowest BCUT2D eigenvalue weighted by molar-refractivity contribution is 1.41. The van der Waals surface area contributed by atoms with Gasteiger partial charge in [-0.05, 0) is 58.4 Å². The monoisotopic (exact) mass is 357 g/mol. The molecule has 0 bridgehead atoms. The molecule has 104 valence electrons. The Hall–Kier alpha value is -1.98. The molecular formula is C16H12BrN3S. The lowest BCUT2D eigenvalue weighted by atomic mass is 10.1. The van der Waals surface area contributed by atoms with Crippen molar-refractivity contribution in [2.45, 2.75) is 0 Å². The first kappa shape index (κ1) is 14.0. The molecule has 2 aromatic carbocycles. The summed E-state index contributed by atoms with van der Waals surface area (Å²) >= 11 is 8.53. The standard InChI is InChI=1S/C16H12BrN3S/c17-12-9-10(16(18)21)6-7-15(12)20-14-5-1-4-13-11(14)3-2-8-19-13/h1-9,20H,(H2,18,21). The minimum absolute atomic E-state index is 0.386. The van der Waals surface area contributed by atoms with Crippen LogP contribution in [-0.4, -0.2) is 9.97 Å². The number of aromatic nitrogens is 1. The third kappa shape index (κ3) is 2.89. The Morgan fingerprint density at radius 2 is 1.95 bits per heavy atom. The van der Waals surface area contributed by atoms with E-state index >= 15 is 0 Å². The highest BCUT2D eigenvalue weighted by atomic mass is 79.9. The van der Waals surface area contributed by atoms with Crippen LogP contribution in [-0.2, 0) is 0 Å². The van der Waals surface area contributed by atoms with E-state index in [9.17, 15) is 0 Å². The SMILES string of the molecule is NC(=S)c1ccc(Nc2cccc3ncccc23)c(Br)c1. The molecule has 5 heteroatoms. The van der Waals surface area contributed by atoms with Crippen LogP contribution in [0.2, 0.25) is 0 Å². The molecule has 0 amide bonds. The number of nitrogens with two attached hydrogens (primary N) is 1. The summed E-state index contributed by atoms with van der Waals surface area (Å²) in [7, 11) is 0. The van der Waals surface area contributed by atoms with Crippen LogP contribution >= 0.6 is 28.1 Å². The number of pyridine rings is 1. The van der Waals surface area contributed by atoms with Gasteiger partial charge in [0.05, 0.1) is 11.2 Å². The molecule has 1 aromatic heterocycles. The summed E-state index contributed by atoms with van der Waals surface area (Å²) in [6.07, 6.45) is 1.79. The predicted octanol–water partition coefficient (Wildman–Crippen LogP) is 4.38. The van der Waals surface area contributed by atoms with Crippen molar-refractivity contribution >= 4 is 55.4 Å². The first-order chi connectivity index (χ1) is 10.1. The number of fused-ring (bicyclic) bond motifs is 1. The maximum atomic E-state index is 5.64. The van der Waals surface area contributed by atoms with Gasteiger partial charge in [0.2, 0.25) is 0 Å². The molecule has 0 spiro atoms. The molecule has 0 aliphatic heterocycles. The van der Waals surface area contributed by atoms with Gasteiger partial charge in [-0.2, -0.15) is 0 Å². The fraction of sp³-hybridized carbons (Fsp3) is 0. The Labute approximate surface area is 136 Å². The molecule has 0 unspecified atom stereocenters. The van der Waals surface area contributed by atoms with Gasteiger partial charge in [-0.3, -0.25) is 4.98 Å². The van der Waals surface area contributed by atoms with Crippen LogP contribution in [0, 0.1) is 0 Å². The number of hydrogen-bond donors (Lipinski definition) is 2. The Morgan fingerprint density at radius 3 is 2.71 bits per heavy atom. The molecule has 0 saturated heterocycles. The van der Waals surface area contributed by atoms with E-state index in [0.29, 0.717) is 4.99 Å². The topological polar surface area (TPSA) is 50.9 Å². The summed E-state index contributed by atoms with van der Waals surface area (Å²) in [6.45, 7) is 0. The van der Waals surface area contributed by atoms with Crippen molar-refractivity contribution in [1.29, 1.82) is 0 Å². The zero-order chi connectivity index (χ0) is 14.8. The van der Waals surface area contributed by atoms with E-state index in [2.05, 4.69) is 26.2 Å². The second-order valence-electron chi connectivity index (χ2n) is 4.56. The number of thiocarbonyl (C=S) groups is 1. The van der Waals surface area contributed by atoms with Crippen LogP contribution < -0.4 is 11.1 Å². The quantitative estimate of drug-likeness (QED) is 0.683.